The second-order valence-corrected chi connectivity index (χ2v) is 4.24. The summed E-state index contributed by atoms with van der Waals surface area (Å²) in [6.07, 6.45) is 2.42. The normalized spacial score (nSPS) is 13.1. The quantitative estimate of drug-likeness (QED) is 0.631. The topological polar surface area (TPSA) is 101 Å². The molecular formula is C11H25ClN4O2. The molecule has 0 saturated heterocycles. The fourth-order valence-corrected chi connectivity index (χ4v) is 1.46. The average Bonchev–Trinajstić information content (AvgIpc) is 2.31. The molecule has 2 unspecified atom stereocenters. The molecule has 0 aromatic carbocycles. The minimum absolute atomic E-state index is 0. The zero-order chi connectivity index (χ0) is 13.4. The highest BCUT2D eigenvalue weighted by Gasteiger charge is 2.24. The number of amides is 3. The van der Waals surface area contributed by atoms with E-state index in [1.165, 1.54) is 0 Å². The standard InChI is InChI=1S/C11H24N4O2.ClH/c1-4-5-6-9(14-11(13)17)10(16)15(3)8(2)7-12;/h8-9H,4-7,12H2,1-3H3,(H3,13,14,17);1H. The number of primary amides is 1. The number of hydrogen-bond acceptors (Lipinski definition) is 3. The maximum Gasteiger partial charge on any atom is 0.312 e. The molecule has 0 aliphatic rings. The first-order valence-electron chi connectivity index (χ1n) is 5.96. The van der Waals surface area contributed by atoms with E-state index < -0.39 is 12.1 Å². The fourth-order valence-electron chi connectivity index (χ4n) is 1.46. The highest BCUT2D eigenvalue weighted by molar-refractivity contribution is 5.86. The van der Waals surface area contributed by atoms with Gasteiger partial charge in [-0.25, -0.2) is 4.79 Å². The molecule has 0 aromatic heterocycles. The van der Waals surface area contributed by atoms with Crippen LogP contribution < -0.4 is 16.8 Å². The van der Waals surface area contributed by atoms with E-state index in [0.29, 0.717) is 13.0 Å². The number of halogens is 1. The molecule has 2 atom stereocenters. The van der Waals surface area contributed by atoms with Crippen LogP contribution in [-0.2, 0) is 4.79 Å². The van der Waals surface area contributed by atoms with Crippen LogP contribution in [0.4, 0.5) is 4.79 Å². The van der Waals surface area contributed by atoms with E-state index in [1.54, 1.807) is 11.9 Å². The largest absolute Gasteiger partial charge is 0.352 e. The zero-order valence-corrected chi connectivity index (χ0v) is 12.1. The van der Waals surface area contributed by atoms with Crippen LogP contribution in [0.1, 0.15) is 33.1 Å². The SMILES string of the molecule is CCCCC(NC(N)=O)C(=O)N(C)C(C)CN.Cl. The number of rotatable bonds is 7. The van der Waals surface area contributed by atoms with Gasteiger partial charge in [0, 0.05) is 19.6 Å². The number of carbonyl (C=O) groups is 2. The fraction of sp³-hybridized carbons (Fsp3) is 0.818. The number of unbranched alkanes of at least 4 members (excludes halogenated alkanes) is 1. The Balaban J connectivity index is 0. The Morgan fingerprint density at radius 3 is 2.33 bits per heavy atom. The van der Waals surface area contributed by atoms with Crippen molar-refractivity contribution in [3.8, 4) is 0 Å². The lowest BCUT2D eigenvalue weighted by molar-refractivity contribution is -0.133. The molecule has 3 amide bonds. The van der Waals surface area contributed by atoms with Crippen LogP contribution in [0.3, 0.4) is 0 Å². The van der Waals surface area contributed by atoms with Gasteiger partial charge in [-0.2, -0.15) is 0 Å². The molecule has 0 aliphatic heterocycles. The van der Waals surface area contributed by atoms with Crippen molar-refractivity contribution in [3.05, 3.63) is 0 Å². The first kappa shape index (κ1) is 19.3. The number of hydrogen-bond donors (Lipinski definition) is 3. The highest BCUT2D eigenvalue weighted by Crippen LogP contribution is 2.06. The predicted octanol–water partition coefficient (Wildman–Crippen LogP) is 0.441. The minimum Gasteiger partial charge on any atom is -0.352 e. The third kappa shape index (κ3) is 6.66. The van der Waals surface area contributed by atoms with Gasteiger partial charge in [0.2, 0.25) is 5.91 Å². The molecular weight excluding hydrogens is 256 g/mol. The Hall–Kier alpha value is -1.01. The molecule has 0 aromatic rings. The number of carbonyl (C=O) groups excluding carboxylic acids is 2. The van der Waals surface area contributed by atoms with Gasteiger partial charge in [-0.15, -0.1) is 12.4 Å². The first-order chi connectivity index (χ1) is 7.93. The van der Waals surface area contributed by atoms with E-state index in [-0.39, 0.29) is 24.4 Å². The molecule has 7 heteroatoms. The Labute approximate surface area is 115 Å². The number of nitrogens with two attached hydrogens (primary N) is 2. The molecule has 0 spiro atoms. The van der Waals surface area contributed by atoms with Crippen molar-refractivity contribution in [2.45, 2.75) is 45.2 Å². The first-order valence-corrected chi connectivity index (χ1v) is 5.96. The van der Waals surface area contributed by atoms with Gasteiger partial charge >= 0.3 is 6.03 Å². The second-order valence-electron chi connectivity index (χ2n) is 4.24. The third-order valence-electron chi connectivity index (χ3n) is 2.81. The van der Waals surface area contributed by atoms with Crippen LogP contribution in [-0.4, -0.2) is 42.5 Å². The number of likely N-dealkylation sites (N-methyl/N-ethyl adjacent to an activating group) is 1. The summed E-state index contributed by atoms with van der Waals surface area (Å²) in [4.78, 5) is 24.5. The van der Waals surface area contributed by atoms with Gasteiger partial charge < -0.3 is 21.7 Å². The summed E-state index contributed by atoms with van der Waals surface area (Å²) in [6, 6.07) is -1.28. The van der Waals surface area contributed by atoms with Gasteiger partial charge in [-0.05, 0) is 13.3 Å². The van der Waals surface area contributed by atoms with Gasteiger partial charge in [0.25, 0.3) is 0 Å². The van der Waals surface area contributed by atoms with Crippen molar-refractivity contribution in [1.29, 1.82) is 0 Å². The molecule has 0 rings (SSSR count). The van der Waals surface area contributed by atoms with Gasteiger partial charge in [0.15, 0.2) is 0 Å². The maximum atomic E-state index is 12.1. The van der Waals surface area contributed by atoms with Gasteiger partial charge in [0.1, 0.15) is 6.04 Å². The number of nitrogens with zero attached hydrogens (tertiary/aromatic N) is 1. The van der Waals surface area contributed by atoms with Crippen LogP contribution in [0.2, 0.25) is 0 Å². The monoisotopic (exact) mass is 280 g/mol. The third-order valence-corrected chi connectivity index (χ3v) is 2.81. The molecule has 0 bridgehead atoms. The van der Waals surface area contributed by atoms with Gasteiger partial charge in [-0.3, -0.25) is 4.79 Å². The summed E-state index contributed by atoms with van der Waals surface area (Å²) in [5.74, 6) is -0.143. The van der Waals surface area contributed by atoms with Crippen LogP contribution in [0, 0.1) is 0 Å². The van der Waals surface area contributed by atoms with Crippen molar-refractivity contribution in [2.24, 2.45) is 11.5 Å². The Morgan fingerprint density at radius 1 is 1.39 bits per heavy atom. The number of nitrogens with one attached hydrogen (secondary N) is 1. The van der Waals surface area contributed by atoms with Crippen molar-refractivity contribution >= 4 is 24.3 Å². The summed E-state index contributed by atoms with van der Waals surface area (Å²) in [7, 11) is 1.68. The van der Waals surface area contributed by atoms with Gasteiger partial charge in [0.05, 0.1) is 0 Å². The van der Waals surface area contributed by atoms with E-state index in [4.69, 9.17) is 11.5 Å². The molecule has 0 radical (unpaired) electrons. The van der Waals surface area contributed by atoms with E-state index in [2.05, 4.69) is 5.32 Å². The molecule has 0 aliphatic carbocycles. The summed E-state index contributed by atoms with van der Waals surface area (Å²) >= 11 is 0. The van der Waals surface area contributed by atoms with Crippen molar-refractivity contribution in [1.82, 2.24) is 10.2 Å². The summed E-state index contributed by atoms with van der Waals surface area (Å²) < 4.78 is 0. The zero-order valence-electron chi connectivity index (χ0n) is 11.3. The molecule has 6 nitrogen and oxygen atoms in total. The van der Waals surface area contributed by atoms with Crippen molar-refractivity contribution in [3.63, 3.8) is 0 Å². The van der Waals surface area contributed by atoms with Crippen molar-refractivity contribution < 1.29 is 9.59 Å². The Bertz CT molecular complexity index is 263. The molecule has 108 valence electrons. The van der Waals surface area contributed by atoms with Crippen LogP contribution >= 0.6 is 12.4 Å². The average molecular weight is 281 g/mol. The number of urea groups is 1. The molecule has 0 fully saturated rings. The van der Waals surface area contributed by atoms with Gasteiger partial charge in [-0.1, -0.05) is 19.8 Å². The van der Waals surface area contributed by atoms with E-state index in [1.807, 2.05) is 13.8 Å². The maximum absolute atomic E-state index is 12.1. The Kier molecular flexibility index (Phi) is 10.7. The lowest BCUT2D eigenvalue weighted by Crippen LogP contribution is -2.52. The minimum atomic E-state index is -0.673. The molecule has 5 N–H and O–H groups in total. The van der Waals surface area contributed by atoms with Crippen LogP contribution in [0.25, 0.3) is 0 Å². The molecule has 0 heterocycles. The van der Waals surface area contributed by atoms with Crippen LogP contribution in [0.15, 0.2) is 0 Å². The second kappa shape index (κ2) is 9.96. The smallest absolute Gasteiger partial charge is 0.312 e. The molecule has 0 saturated carbocycles. The summed E-state index contributed by atoms with van der Waals surface area (Å²) in [5, 5.41) is 2.48. The summed E-state index contributed by atoms with van der Waals surface area (Å²) in [6.45, 7) is 4.27. The lowest BCUT2D eigenvalue weighted by Gasteiger charge is -2.28. The van der Waals surface area contributed by atoms with E-state index >= 15 is 0 Å². The Morgan fingerprint density at radius 2 is 1.94 bits per heavy atom. The highest BCUT2D eigenvalue weighted by atomic mass is 35.5. The van der Waals surface area contributed by atoms with E-state index in [9.17, 15) is 9.59 Å². The summed E-state index contributed by atoms with van der Waals surface area (Å²) in [5.41, 5.74) is 10.6. The lowest BCUT2D eigenvalue weighted by atomic mass is 10.1. The van der Waals surface area contributed by atoms with Crippen LogP contribution in [0.5, 0.6) is 0 Å². The van der Waals surface area contributed by atoms with E-state index in [0.717, 1.165) is 12.8 Å². The van der Waals surface area contributed by atoms with Crippen molar-refractivity contribution in [2.75, 3.05) is 13.6 Å². The predicted molar refractivity (Wildman–Crippen MR) is 74.6 cm³/mol. The molecule has 18 heavy (non-hydrogen) atoms.